The smallest absolute Gasteiger partial charge is 0.238 e. The number of carbonyl (C=O) groups excluding carboxylic acids is 1. The zero-order valence-corrected chi connectivity index (χ0v) is 11.9. The van der Waals surface area contributed by atoms with E-state index >= 15 is 0 Å². The van der Waals surface area contributed by atoms with Crippen LogP contribution in [0.25, 0.3) is 0 Å². The average molecular weight is 282 g/mol. The molecule has 1 aliphatic heterocycles. The van der Waals surface area contributed by atoms with E-state index < -0.39 is 0 Å². The molecule has 1 aromatic carbocycles. The fraction of sp³-hybridized carbons (Fsp3) is 0.500. The molecule has 0 saturated carbocycles. The summed E-state index contributed by atoms with van der Waals surface area (Å²) in [5.41, 5.74) is 6.85. The van der Waals surface area contributed by atoms with Crippen LogP contribution >= 0.6 is 11.6 Å². The lowest BCUT2D eigenvalue weighted by Crippen LogP contribution is -2.39. The second-order valence-electron chi connectivity index (χ2n) is 5.27. The maximum atomic E-state index is 12.0. The van der Waals surface area contributed by atoms with E-state index in [2.05, 4.69) is 17.1 Å². The number of amides is 1. The summed E-state index contributed by atoms with van der Waals surface area (Å²) in [6.45, 7) is 4.61. The Morgan fingerprint density at radius 2 is 2.37 bits per heavy atom. The molecule has 1 amide bonds. The highest BCUT2D eigenvalue weighted by molar-refractivity contribution is 6.33. The van der Waals surface area contributed by atoms with Crippen LogP contribution in [-0.2, 0) is 4.79 Å². The van der Waals surface area contributed by atoms with Gasteiger partial charge < -0.3 is 11.1 Å². The van der Waals surface area contributed by atoms with Gasteiger partial charge in [-0.15, -0.1) is 0 Å². The number of nitrogen functional groups attached to an aromatic ring is 1. The second-order valence-corrected chi connectivity index (χ2v) is 5.68. The van der Waals surface area contributed by atoms with E-state index in [4.69, 9.17) is 17.3 Å². The van der Waals surface area contributed by atoms with Crippen LogP contribution in [0, 0.1) is 5.92 Å². The molecule has 19 heavy (non-hydrogen) atoms. The Bertz CT molecular complexity index is 464. The van der Waals surface area contributed by atoms with Crippen LogP contribution in [0.15, 0.2) is 18.2 Å². The average Bonchev–Trinajstić information content (AvgIpc) is 2.34. The summed E-state index contributed by atoms with van der Waals surface area (Å²) in [6.07, 6.45) is 2.41. The predicted octanol–water partition coefficient (Wildman–Crippen LogP) is 2.59. The van der Waals surface area contributed by atoms with Crippen LogP contribution in [-0.4, -0.2) is 30.4 Å². The minimum Gasteiger partial charge on any atom is -0.399 e. The highest BCUT2D eigenvalue weighted by Crippen LogP contribution is 2.24. The Morgan fingerprint density at radius 1 is 1.58 bits per heavy atom. The second kappa shape index (κ2) is 6.26. The minimum absolute atomic E-state index is 0.0402. The summed E-state index contributed by atoms with van der Waals surface area (Å²) >= 11 is 6.02. The van der Waals surface area contributed by atoms with Crippen molar-refractivity contribution in [2.45, 2.75) is 19.8 Å². The lowest BCUT2D eigenvalue weighted by Gasteiger charge is -2.30. The van der Waals surface area contributed by atoms with Crippen molar-refractivity contribution in [3.63, 3.8) is 0 Å². The number of likely N-dealkylation sites (tertiary alicyclic amines) is 1. The lowest BCUT2D eigenvalue weighted by atomic mass is 10.0. The third-order valence-corrected chi connectivity index (χ3v) is 3.70. The van der Waals surface area contributed by atoms with Crippen molar-refractivity contribution in [1.29, 1.82) is 0 Å². The van der Waals surface area contributed by atoms with Gasteiger partial charge >= 0.3 is 0 Å². The Balaban J connectivity index is 1.92. The molecule has 0 bridgehead atoms. The fourth-order valence-electron chi connectivity index (χ4n) is 2.46. The number of halogens is 1. The quantitative estimate of drug-likeness (QED) is 0.837. The van der Waals surface area contributed by atoms with E-state index in [1.807, 2.05) is 0 Å². The highest BCUT2D eigenvalue weighted by atomic mass is 35.5. The van der Waals surface area contributed by atoms with Crippen LogP contribution in [0.2, 0.25) is 5.02 Å². The molecular formula is C14H20ClN3O. The van der Waals surface area contributed by atoms with Gasteiger partial charge in [0.15, 0.2) is 0 Å². The molecule has 0 radical (unpaired) electrons. The van der Waals surface area contributed by atoms with Gasteiger partial charge in [-0.05, 0) is 43.5 Å². The molecular weight excluding hydrogens is 262 g/mol. The van der Waals surface area contributed by atoms with Crippen LogP contribution < -0.4 is 11.1 Å². The lowest BCUT2D eigenvalue weighted by molar-refractivity contribution is -0.117. The zero-order valence-electron chi connectivity index (χ0n) is 11.2. The number of hydrogen-bond acceptors (Lipinski definition) is 3. The molecule has 0 aliphatic carbocycles. The van der Waals surface area contributed by atoms with Gasteiger partial charge in [0.25, 0.3) is 0 Å². The van der Waals surface area contributed by atoms with Gasteiger partial charge in [0.05, 0.1) is 17.3 Å². The van der Waals surface area contributed by atoms with Crippen molar-refractivity contribution in [2.24, 2.45) is 5.92 Å². The van der Waals surface area contributed by atoms with Crippen molar-refractivity contribution in [3.8, 4) is 0 Å². The van der Waals surface area contributed by atoms with Crippen LogP contribution in [0.1, 0.15) is 19.8 Å². The van der Waals surface area contributed by atoms with Gasteiger partial charge in [0, 0.05) is 12.2 Å². The number of nitrogens with one attached hydrogen (secondary N) is 1. The maximum Gasteiger partial charge on any atom is 0.238 e. The first kappa shape index (κ1) is 14.2. The van der Waals surface area contributed by atoms with Crippen molar-refractivity contribution < 1.29 is 4.79 Å². The first-order valence-electron chi connectivity index (χ1n) is 6.62. The number of piperidine rings is 1. The number of rotatable bonds is 3. The van der Waals surface area contributed by atoms with Gasteiger partial charge in [0.2, 0.25) is 5.91 Å². The summed E-state index contributed by atoms with van der Waals surface area (Å²) < 4.78 is 0. The van der Waals surface area contributed by atoms with E-state index in [9.17, 15) is 4.79 Å². The Hall–Kier alpha value is -1.26. The van der Waals surface area contributed by atoms with Crippen molar-refractivity contribution in [2.75, 3.05) is 30.7 Å². The molecule has 1 unspecified atom stereocenters. The first-order chi connectivity index (χ1) is 9.04. The van der Waals surface area contributed by atoms with Crippen molar-refractivity contribution in [3.05, 3.63) is 23.2 Å². The Morgan fingerprint density at radius 3 is 3.11 bits per heavy atom. The maximum absolute atomic E-state index is 12.0. The standard InChI is InChI=1S/C14H20ClN3O/c1-10-3-2-6-18(8-10)9-14(19)17-13-7-11(16)4-5-12(13)15/h4-5,7,10H,2-3,6,8-9,16H2,1H3,(H,17,19). The van der Waals surface area contributed by atoms with Crippen LogP contribution in [0.5, 0.6) is 0 Å². The Labute approximate surface area is 118 Å². The van der Waals surface area contributed by atoms with E-state index in [0.29, 0.717) is 28.9 Å². The largest absolute Gasteiger partial charge is 0.399 e. The number of nitrogens with two attached hydrogens (primary N) is 1. The topological polar surface area (TPSA) is 58.4 Å². The molecule has 0 spiro atoms. The van der Waals surface area contributed by atoms with E-state index in [1.54, 1.807) is 18.2 Å². The summed E-state index contributed by atoms with van der Waals surface area (Å²) in [7, 11) is 0. The molecule has 2 rings (SSSR count). The van der Waals surface area contributed by atoms with E-state index in [-0.39, 0.29) is 5.91 Å². The third-order valence-electron chi connectivity index (χ3n) is 3.37. The fourth-order valence-corrected chi connectivity index (χ4v) is 2.63. The number of benzene rings is 1. The van der Waals surface area contributed by atoms with Crippen molar-refractivity contribution >= 4 is 28.9 Å². The molecule has 1 atom stereocenters. The summed E-state index contributed by atoms with van der Waals surface area (Å²) in [4.78, 5) is 14.2. The Kier molecular flexibility index (Phi) is 4.66. The van der Waals surface area contributed by atoms with Gasteiger partial charge in [-0.1, -0.05) is 18.5 Å². The SMILES string of the molecule is CC1CCCN(CC(=O)Nc2cc(N)ccc2Cl)C1. The summed E-state index contributed by atoms with van der Waals surface area (Å²) in [5, 5.41) is 3.33. The number of hydrogen-bond donors (Lipinski definition) is 2. The number of anilines is 2. The van der Waals surface area contributed by atoms with Crippen LogP contribution in [0.4, 0.5) is 11.4 Å². The first-order valence-corrected chi connectivity index (χ1v) is 6.99. The van der Waals surface area contributed by atoms with E-state index in [0.717, 1.165) is 19.5 Å². The molecule has 4 nitrogen and oxygen atoms in total. The molecule has 1 fully saturated rings. The zero-order chi connectivity index (χ0) is 13.8. The minimum atomic E-state index is -0.0402. The molecule has 1 saturated heterocycles. The van der Waals surface area contributed by atoms with Crippen LogP contribution in [0.3, 0.4) is 0 Å². The summed E-state index contributed by atoms with van der Waals surface area (Å²) in [6, 6.07) is 5.08. The van der Waals surface area contributed by atoms with Gasteiger partial charge in [-0.25, -0.2) is 0 Å². The normalized spacial score (nSPS) is 20.2. The highest BCUT2D eigenvalue weighted by Gasteiger charge is 2.18. The van der Waals surface area contributed by atoms with Crippen molar-refractivity contribution in [1.82, 2.24) is 4.90 Å². The predicted molar refractivity (Wildman–Crippen MR) is 79.3 cm³/mol. The molecule has 1 aromatic rings. The molecule has 1 aliphatic rings. The van der Waals surface area contributed by atoms with Gasteiger partial charge in [-0.3, -0.25) is 9.69 Å². The molecule has 3 N–H and O–H groups in total. The third kappa shape index (κ3) is 4.11. The molecule has 5 heteroatoms. The molecule has 0 aromatic heterocycles. The summed E-state index contributed by atoms with van der Waals surface area (Å²) in [5.74, 6) is 0.624. The molecule has 1 heterocycles. The number of nitrogens with zero attached hydrogens (tertiary/aromatic N) is 1. The monoisotopic (exact) mass is 281 g/mol. The molecule has 104 valence electrons. The van der Waals surface area contributed by atoms with Gasteiger partial charge in [-0.2, -0.15) is 0 Å². The van der Waals surface area contributed by atoms with Gasteiger partial charge in [0.1, 0.15) is 0 Å². The number of carbonyl (C=O) groups is 1. The van der Waals surface area contributed by atoms with E-state index in [1.165, 1.54) is 6.42 Å².